The topological polar surface area (TPSA) is 107 Å². The molecule has 0 bridgehead atoms. The summed E-state index contributed by atoms with van der Waals surface area (Å²) in [7, 11) is 1.21. The van der Waals surface area contributed by atoms with Gasteiger partial charge in [0, 0.05) is 23.3 Å². The Morgan fingerprint density at radius 3 is 2.12 bits per heavy atom. The molecule has 0 N–H and O–H groups in total. The van der Waals surface area contributed by atoms with Crippen LogP contribution in [0.1, 0.15) is 22.3 Å². The van der Waals surface area contributed by atoms with Crippen LogP contribution in [0.15, 0.2) is 78.9 Å². The molecule has 2 aromatic carbocycles. The van der Waals surface area contributed by atoms with Crippen LogP contribution in [0.5, 0.6) is 5.75 Å². The van der Waals surface area contributed by atoms with E-state index in [-0.39, 0.29) is 23.5 Å². The predicted molar refractivity (Wildman–Crippen MR) is 119 cm³/mol. The second kappa shape index (κ2) is 10.1. The van der Waals surface area contributed by atoms with E-state index in [1.54, 1.807) is 30.3 Å². The molecule has 0 fully saturated rings. The first kappa shape index (κ1) is 23.1. The monoisotopic (exact) mass is 445 g/mol. The number of ether oxygens (including phenoxy) is 2. The van der Waals surface area contributed by atoms with Crippen LogP contribution in [0.3, 0.4) is 0 Å². The normalized spacial score (nSPS) is 12.8. The molecule has 166 valence electrons. The second-order valence-electron chi connectivity index (χ2n) is 6.90. The van der Waals surface area contributed by atoms with Gasteiger partial charge >= 0.3 is 11.9 Å². The predicted octanol–water partition coefficient (Wildman–Crippen LogP) is 3.04. The largest absolute Gasteiger partial charge is 0.469 e. The Bertz CT molecular complexity index is 1170. The third-order valence-electron chi connectivity index (χ3n) is 4.61. The fourth-order valence-electron chi connectivity index (χ4n) is 2.84. The van der Waals surface area contributed by atoms with Gasteiger partial charge < -0.3 is 9.47 Å². The van der Waals surface area contributed by atoms with Gasteiger partial charge in [0.1, 0.15) is 5.75 Å². The summed E-state index contributed by atoms with van der Waals surface area (Å²) >= 11 is 0. The number of hydrogen-bond acceptors (Lipinski definition) is 7. The van der Waals surface area contributed by atoms with E-state index in [9.17, 15) is 24.0 Å². The average molecular weight is 445 g/mol. The van der Waals surface area contributed by atoms with Crippen molar-refractivity contribution in [1.29, 1.82) is 0 Å². The van der Waals surface area contributed by atoms with Gasteiger partial charge in [-0.05, 0) is 48.0 Å². The minimum atomic E-state index is -0.768. The van der Waals surface area contributed by atoms with Gasteiger partial charge in [0.2, 0.25) is 0 Å². The van der Waals surface area contributed by atoms with Crippen molar-refractivity contribution in [3.63, 3.8) is 0 Å². The number of anilines is 1. The highest BCUT2D eigenvalue weighted by Crippen LogP contribution is 2.20. The van der Waals surface area contributed by atoms with Gasteiger partial charge in [-0.3, -0.25) is 19.2 Å². The van der Waals surface area contributed by atoms with Crippen LogP contribution in [-0.2, 0) is 23.9 Å². The minimum Gasteiger partial charge on any atom is -0.469 e. The summed E-state index contributed by atoms with van der Waals surface area (Å²) in [5.74, 6) is -2.25. The van der Waals surface area contributed by atoms with Gasteiger partial charge in [-0.25, -0.2) is 9.69 Å². The third-order valence-corrected chi connectivity index (χ3v) is 4.61. The number of carbonyl (C=O) groups is 5. The third kappa shape index (κ3) is 5.76. The first-order chi connectivity index (χ1) is 15.8. The van der Waals surface area contributed by atoms with E-state index in [4.69, 9.17) is 4.74 Å². The Labute approximate surface area is 189 Å². The van der Waals surface area contributed by atoms with Crippen LogP contribution in [0.2, 0.25) is 0 Å². The first-order valence-corrected chi connectivity index (χ1v) is 9.74. The lowest BCUT2D eigenvalue weighted by Crippen LogP contribution is -2.29. The summed E-state index contributed by atoms with van der Waals surface area (Å²) in [6.07, 6.45) is 5.11. The zero-order valence-electron chi connectivity index (χ0n) is 17.6. The maximum absolute atomic E-state index is 12.4. The number of hydrogen-bond donors (Lipinski definition) is 0. The maximum atomic E-state index is 12.4. The SMILES string of the molecule is C=C(CC(=O)OC)C(=O)Oc1ccc(C(=O)/C=C/c2ccc(N3C(=O)C=CC3=O)cc2)cc1. The van der Waals surface area contributed by atoms with Crippen molar-refractivity contribution >= 4 is 41.3 Å². The van der Waals surface area contributed by atoms with Gasteiger partial charge in [0.05, 0.1) is 19.2 Å². The summed E-state index contributed by atoms with van der Waals surface area (Å²) in [6.45, 7) is 3.50. The van der Waals surface area contributed by atoms with E-state index in [1.807, 2.05) is 0 Å². The summed E-state index contributed by atoms with van der Waals surface area (Å²) in [4.78, 5) is 60.0. The average Bonchev–Trinajstić information content (AvgIpc) is 3.15. The van der Waals surface area contributed by atoms with Crippen LogP contribution in [0.4, 0.5) is 5.69 Å². The van der Waals surface area contributed by atoms with Crippen molar-refractivity contribution in [2.75, 3.05) is 12.0 Å². The van der Waals surface area contributed by atoms with Gasteiger partial charge in [0.15, 0.2) is 5.78 Å². The van der Waals surface area contributed by atoms with E-state index in [1.165, 1.54) is 49.6 Å². The Morgan fingerprint density at radius 2 is 1.55 bits per heavy atom. The fourth-order valence-corrected chi connectivity index (χ4v) is 2.84. The number of benzene rings is 2. The first-order valence-electron chi connectivity index (χ1n) is 9.74. The van der Waals surface area contributed by atoms with Gasteiger partial charge in [-0.2, -0.15) is 0 Å². The lowest BCUT2D eigenvalue weighted by Gasteiger charge is -2.13. The molecule has 0 aromatic heterocycles. The van der Waals surface area contributed by atoms with Gasteiger partial charge in [-0.1, -0.05) is 24.8 Å². The number of nitrogens with zero attached hydrogens (tertiary/aromatic N) is 1. The smallest absolute Gasteiger partial charge is 0.339 e. The molecule has 1 aliphatic rings. The fraction of sp³-hybridized carbons (Fsp3) is 0.0800. The molecule has 0 saturated heterocycles. The van der Waals surface area contributed by atoms with E-state index in [2.05, 4.69) is 11.3 Å². The van der Waals surface area contributed by atoms with Crippen molar-refractivity contribution in [3.8, 4) is 5.75 Å². The highest BCUT2D eigenvalue weighted by atomic mass is 16.5. The zero-order chi connectivity index (χ0) is 24.0. The second-order valence-corrected chi connectivity index (χ2v) is 6.90. The Hall–Kier alpha value is -4.59. The van der Waals surface area contributed by atoms with Crippen molar-refractivity contribution in [2.45, 2.75) is 6.42 Å². The molecule has 1 aliphatic heterocycles. The van der Waals surface area contributed by atoms with E-state index >= 15 is 0 Å². The standard InChI is InChI=1S/C25H19NO7/c1-16(15-24(30)32-2)25(31)33-20-10-6-18(7-11-20)21(27)12-5-17-3-8-19(9-4-17)26-22(28)13-14-23(26)29/h3-14H,1,15H2,2H3/b12-5+. The number of rotatable bonds is 8. The molecular formula is C25H19NO7. The number of carbonyl (C=O) groups excluding carboxylic acids is 5. The molecular weight excluding hydrogens is 426 g/mol. The molecule has 0 aliphatic carbocycles. The number of amides is 2. The van der Waals surface area contributed by atoms with Crippen molar-refractivity contribution < 1.29 is 33.4 Å². The Kier molecular flexibility index (Phi) is 7.10. The molecule has 2 amide bonds. The molecule has 0 radical (unpaired) electrons. The van der Waals surface area contributed by atoms with Crippen LogP contribution in [-0.4, -0.2) is 36.6 Å². The number of methoxy groups -OCH3 is 1. The van der Waals surface area contributed by atoms with Crippen LogP contribution in [0, 0.1) is 0 Å². The summed E-state index contributed by atoms with van der Waals surface area (Å²) in [5.41, 5.74) is 1.47. The zero-order valence-corrected chi connectivity index (χ0v) is 17.6. The van der Waals surface area contributed by atoms with Gasteiger partial charge in [0.25, 0.3) is 11.8 Å². The lowest BCUT2D eigenvalue weighted by atomic mass is 10.1. The number of ketones is 1. The quantitative estimate of drug-likeness (QED) is 0.202. The van der Waals surface area contributed by atoms with Gasteiger partial charge in [-0.15, -0.1) is 0 Å². The molecule has 2 aromatic rings. The molecule has 0 spiro atoms. The number of imide groups is 1. The van der Waals surface area contributed by atoms with Crippen molar-refractivity contribution in [3.05, 3.63) is 90.0 Å². The Morgan fingerprint density at radius 1 is 0.939 bits per heavy atom. The molecule has 1 heterocycles. The molecule has 3 rings (SSSR count). The lowest BCUT2D eigenvalue weighted by molar-refractivity contribution is -0.141. The number of esters is 2. The molecule has 0 atom stereocenters. The summed E-state index contributed by atoms with van der Waals surface area (Å²) in [5, 5.41) is 0. The van der Waals surface area contributed by atoms with Crippen LogP contribution in [0.25, 0.3) is 6.08 Å². The minimum absolute atomic E-state index is 0.0503. The molecule has 8 nitrogen and oxygen atoms in total. The molecule has 8 heteroatoms. The highest BCUT2D eigenvalue weighted by molar-refractivity contribution is 6.28. The van der Waals surface area contributed by atoms with E-state index < -0.39 is 23.8 Å². The molecule has 33 heavy (non-hydrogen) atoms. The maximum Gasteiger partial charge on any atom is 0.339 e. The van der Waals surface area contributed by atoms with E-state index in [0.29, 0.717) is 16.8 Å². The summed E-state index contributed by atoms with van der Waals surface area (Å²) in [6, 6.07) is 12.5. The molecule has 0 unspecified atom stereocenters. The number of allylic oxidation sites excluding steroid dienone is 1. The van der Waals surface area contributed by atoms with E-state index in [0.717, 1.165) is 4.90 Å². The van der Waals surface area contributed by atoms with Crippen LogP contribution >= 0.6 is 0 Å². The van der Waals surface area contributed by atoms with Crippen molar-refractivity contribution in [2.24, 2.45) is 0 Å². The van der Waals surface area contributed by atoms with Crippen LogP contribution < -0.4 is 9.64 Å². The highest BCUT2D eigenvalue weighted by Gasteiger charge is 2.24. The Balaban J connectivity index is 1.58. The molecule has 0 saturated carbocycles. The van der Waals surface area contributed by atoms with Crippen molar-refractivity contribution in [1.82, 2.24) is 0 Å². The summed E-state index contributed by atoms with van der Waals surface area (Å²) < 4.78 is 9.59.